The Morgan fingerprint density at radius 1 is 1.20 bits per heavy atom. The molecule has 7 N–H and O–H groups in total. The van der Waals surface area contributed by atoms with E-state index in [2.05, 4.69) is 10.6 Å². The number of nitrogens with two attached hydrogens (primary N) is 1. The number of aromatic carboxylic acids is 1. The van der Waals surface area contributed by atoms with Crippen LogP contribution in [-0.2, 0) is 11.2 Å². The summed E-state index contributed by atoms with van der Waals surface area (Å²) in [5.41, 5.74) is 4.70. The minimum atomic E-state index is -2.05. The third kappa shape index (κ3) is 5.77. The molecule has 2 aliphatic rings. The second-order valence-corrected chi connectivity index (χ2v) is 9.20. The van der Waals surface area contributed by atoms with E-state index in [4.69, 9.17) is 10.4 Å². The average molecular weight is 561 g/mol. The van der Waals surface area contributed by atoms with Gasteiger partial charge in [0, 0.05) is 38.3 Å². The van der Waals surface area contributed by atoms with E-state index in [0.717, 1.165) is 4.90 Å². The third-order valence-electron chi connectivity index (χ3n) is 6.52. The molecule has 0 aromatic heterocycles. The number of phenolic OH excluding ortho intramolecular Hbond substituents is 1. The molecule has 0 spiro atoms. The Hall–Kier alpha value is -4.44. The van der Waals surface area contributed by atoms with Crippen molar-refractivity contribution in [2.75, 3.05) is 26.2 Å². The van der Waals surface area contributed by atoms with Gasteiger partial charge in [-0.15, -0.1) is 0 Å². The standard InChI is InChI=1S/C24H26BF2N5O8/c26-15-10-13(33)11-16(27)18(15)19(30-23(37)32-7-2-6-31(8-5-28)24(32)38)21(34)29-17-9-12-3-1-4-14(22(35)36)20(12)40-25(17)39/h1,3-4,10-11,17,19,33,39H,2,5-9,28H2,(H,29,34)(H,30,37)(H,35,36)/t17-,19?/m0/s1. The smallest absolute Gasteiger partial charge is 0.534 e. The maximum atomic E-state index is 14.9. The summed E-state index contributed by atoms with van der Waals surface area (Å²) < 4.78 is 35.1. The molecule has 5 amide bonds. The molecule has 0 aliphatic carbocycles. The first-order valence-corrected chi connectivity index (χ1v) is 12.3. The zero-order valence-electron chi connectivity index (χ0n) is 21.0. The van der Waals surface area contributed by atoms with E-state index in [1.54, 1.807) is 0 Å². The van der Waals surface area contributed by atoms with Gasteiger partial charge in [-0.05, 0) is 24.5 Å². The number of carbonyl (C=O) groups is 4. The van der Waals surface area contributed by atoms with Crippen LogP contribution in [0.25, 0.3) is 0 Å². The molecule has 2 heterocycles. The lowest BCUT2D eigenvalue weighted by Gasteiger charge is -2.35. The van der Waals surface area contributed by atoms with Crippen LogP contribution in [-0.4, -0.2) is 88.2 Å². The normalized spacial score (nSPS) is 17.6. The molecule has 40 heavy (non-hydrogen) atoms. The van der Waals surface area contributed by atoms with Crippen LogP contribution >= 0.6 is 0 Å². The summed E-state index contributed by atoms with van der Waals surface area (Å²) in [4.78, 5) is 52.8. The second-order valence-electron chi connectivity index (χ2n) is 9.20. The van der Waals surface area contributed by atoms with Crippen molar-refractivity contribution in [3.63, 3.8) is 0 Å². The molecule has 16 heteroatoms. The van der Waals surface area contributed by atoms with Crippen LogP contribution < -0.4 is 21.0 Å². The lowest BCUT2D eigenvalue weighted by Crippen LogP contribution is -2.58. The molecule has 4 rings (SSSR count). The highest BCUT2D eigenvalue weighted by atomic mass is 19.1. The number of rotatable bonds is 7. The van der Waals surface area contributed by atoms with Crippen LogP contribution in [0.3, 0.4) is 0 Å². The average Bonchev–Trinajstić information content (AvgIpc) is 2.88. The molecule has 1 saturated heterocycles. The van der Waals surface area contributed by atoms with Crippen molar-refractivity contribution in [1.29, 1.82) is 0 Å². The van der Waals surface area contributed by atoms with E-state index in [9.17, 15) is 43.2 Å². The molecular weight excluding hydrogens is 535 g/mol. The summed E-state index contributed by atoms with van der Waals surface area (Å²) in [7, 11) is -1.75. The molecule has 2 aromatic rings. The van der Waals surface area contributed by atoms with Crippen molar-refractivity contribution < 1.29 is 47.9 Å². The summed E-state index contributed by atoms with van der Waals surface area (Å²) in [6, 6.07) is 1.44. The van der Waals surface area contributed by atoms with Crippen molar-refractivity contribution in [1.82, 2.24) is 20.4 Å². The summed E-state index contributed by atoms with van der Waals surface area (Å²) in [5, 5.41) is 34.0. The first-order valence-electron chi connectivity index (χ1n) is 12.3. The quantitative estimate of drug-likeness (QED) is 0.259. The van der Waals surface area contributed by atoms with E-state index >= 15 is 0 Å². The number of imide groups is 1. The van der Waals surface area contributed by atoms with E-state index < -0.39 is 66.0 Å². The number of urea groups is 2. The van der Waals surface area contributed by atoms with E-state index in [1.807, 2.05) is 0 Å². The Kier molecular flexibility index (Phi) is 8.39. The van der Waals surface area contributed by atoms with Crippen LogP contribution in [0.1, 0.15) is 33.9 Å². The number of benzene rings is 2. The third-order valence-corrected chi connectivity index (χ3v) is 6.52. The molecule has 212 valence electrons. The Morgan fingerprint density at radius 2 is 1.90 bits per heavy atom. The molecule has 2 aromatic carbocycles. The molecule has 13 nitrogen and oxygen atoms in total. The van der Waals surface area contributed by atoms with Gasteiger partial charge in [0.1, 0.15) is 29.2 Å². The number of aromatic hydroxyl groups is 1. The highest BCUT2D eigenvalue weighted by Gasteiger charge is 2.41. The summed E-state index contributed by atoms with van der Waals surface area (Å²) in [5.74, 6) is -7.28. The van der Waals surface area contributed by atoms with Gasteiger partial charge in [-0.3, -0.25) is 4.79 Å². The zero-order valence-corrected chi connectivity index (χ0v) is 21.0. The van der Waals surface area contributed by atoms with Crippen LogP contribution in [0.15, 0.2) is 30.3 Å². The highest BCUT2D eigenvalue weighted by molar-refractivity contribution is 6.47. The Morgan fingerprint density at radius 3 is 2.55 bits per heavy atom. The molecule has 0 radical (unpaired) electrons. The SMILES string of the molecule is NCCN1CCCN(C(=O)NC(C(=O)N[C@H]2Cc3cccc(C(=O)O)c3OB2O)c2c(F)cc(O)cc2F)C1=O. The van der Waals surface area contributed by atoms with E-state index in [0.29, 0.717) is 30.7 Å². The number of nitrogens with one attached hydrogen (secondary N) is 2. The van der Waals surface area contributed by atoms with Crippen molar-refractivity contribution in [2.24, 2.45) is 5.73 Å². The number of halogens is 2. The van der Waals surface area contributed by atoms with Gasteiger partial charge in [-0.25, -0.2) is 28.1 Å². The fourth-order valence-electron chi connectivity index (χ4n) is 4.63. The molecule has 0 saturated carbocycles. The number of hydrogen-bond donors (Lipinski definition) is 6. The molecule has 0 bridgehead atoms. The van der Waals surface area contributed by atoms with Gasteiger partial charge in [0.2, 0.25) is 5.91 Å². The Balaban J connectivity index is 1.61. The van der Waals surface area contributed by atoms with Crippen LogP contribution in [0.2, 0.25) is 0 Å². The maximum absolute atomic E-state index is 14.9. The van der Waals surface area contributed by atoms with Gasteiger partial charge >= 0.3 is 25.1 Å². The predicted octanol–water partition coefficient (Wildman–Crippen LogP) is 0.345. The minimum Gasteiger partial charge on any atom is -0.534 e. The second kappa shape index (κ2) is 11.8. The van der Waals surface area contributed by atoms with E-state index in [1.165, 1.54) is 23.1 Å². The number of fused-ring (bicyclic) bond motifs is 1. The van der Waals surface area contributed by atoms with Gasteiger partial charge in [-0.2, -0.15) is 0 Å². The lowest BCUT2D eigenvalue weighted by atomic mass is 9.72. The molecule has 1 fully saturated rings. The minimum absolute atomic E-state index is 0.0293. The number of phenols is 1. The number of hydrogen-bond acceptors (Lipinski definition) is 8. The number of amides is 5. The zero-order chi connectivity index (χ0) is 29.1. The number of carboxylic acids is 1. The monoisotopic (exact) mass is 561 g/mol. The Bertz CT molecular complexity index is 1320. The topological polar surface area (TPSA) is 195 Å². The molecule has 1 unspecified atom stereocenters. The number of para-hydroxylation sites is 1. The first-order chi connectivity index (χ1) is 19.0. The van der Waals surface area contributed by atoms with Gasteiger partial charge in [0.15, 0.2) is 0 Å². The number of nitrogens with zero attached hydrogens (tertiary/aromatic N) is 2. The molecule has 2 aliphatic heterocycles. The number of carboxylic acid groups (broad SMARTS) is 1. The molecule has 2 atom stereocenters. The first kappa shape index (κ1) is 28.6. The van der Waals surface area contributed by atoms with Crippen molar-refractivity contribution in [2.45, 2.75) is 24.8 Å². The fourth-order valence-corrected chi connectivity index (χ4v) is 4.63. The molecular formula is C24H26BF2N5O8. The number of carbonyl (C=O) groups excluding carboxylic acids is 3. The maximum Gasteiger partial charge on any atom is 0.547 e. The van der Waals surface area contributed by atoms with Crippen LogP contribution in [0, 0.1) is 11.6 Å². The summed E-state index contributed by atoms with van der Waals surface area (Å²) in [6.07, 6.45) is 0.268. The van der Waals surface area contributed by atoms with Gasteiger partial charge in [0.25, 0.3) is 0 Å². The van der Waals surface area contributed by atoms with Gasteiger partial charge < -0.3 is 41.2 Å². The highest BCUT2D eigenvalue weighted by Crippen LogP contribution is 2.31. The Labute approximate surface area is 226 Å². The van der Waals surface area contributed by atoms with Crippen LogP contribution in [0.4, 0.5) is 18.4 Å². The van der Waals surface area contributed by atoms with Crippen molar-refractivity contribution in [3.8, 4) is 11.5 Å². The fraction of sp³-hybridized carbons (Fsp3) is 0.333. The van der Waals surface area contributed by atoms with Crippen molar-refractivity contribution in [3.05, 3.63) is 58.7 Å². The van der Waals surface area contributed by atoms with Crippen LogP contribution in [0.5, 0.6) is 11.5 Å². The summed E-state index contributed by atoms with van der Waals surface area (Å²) in [6.45, 7) is 0.617. The van der Waals surface area contributed by atoms with Crippen molar-refractivity contribution >= 4 is 31.1 Å². The van der Waals surface area contributed by atoms with Gasteiger partial charge in [-0.1, -0.05) is 12.1 Å². The van der Waals surface area contributed by atoms with E-state index in [-0.39, 0.29) is 37.4 Å². The summed E-state index contributed by atoms with van der Waals surface area (Å²) >= 11 is 0. The predicted molar refractivity (Wildman–Crippen MR) is 134 cm³/mol. The lowest BCUT2D eigenvalue weighted by molar-refractivity contribution is -0.123. The van der Waals surface area contributed by atoms with Gasteiger partial charge in [0.05, 0.1) is 17.1 Å². The largest absolute Gasteiger partial charge is 0.547 e.